The lowest BCUT2D eigenvalue weighted by Crippen LogP contribution is -2.27. The molecule has 0 saturated carbocycles. The Kier molecular flexibility index (Phi) is 32.8. The predicted molar refractivity (Wildman–Crippen MR) is 363 cm³/mol. The molecule has 0 saturated heterocycles. The monoisotopic (exact) mass is 1300 g/mol. The molecule has 0 aliphatic heterocycles. The molecule has 4 aromatic carbocycles. The number of carboxylic acids is 1. The van der Waals surface area contributed by atoms with Crippen molar-refractivity contribution in [1.82, 2.24) is 35.2 Å². The van der Waals surface area contributed by atoms with E-state index in [1.165, 1.54) is 24.8 Å². The van der Waals surface area contributed by atoms with Crippen LogP contribution in [-0.2, 0) is 27.4 Å². The summed E-state index contributed by atoms with van der Waals surface area (Å²) >= 11 is 0. The number of aryl methyl sites for hydroxylation is 5. The van der Waals surface area contributed by atoms with Crippen LogP contribution in [-0.4, -0.2) is 71.2 Å². The summed E-state index contributed by atoms with van der Waals surface area (Å²) in [5.41, 5.74) is 16.3. The zero-order valence-electron chi connectivity index (χ0n) is 55.1. The van der Waals surface area contributed by atoms with Gasteiger partial charge < -0.3 is 55.2 Å². The molecule has 22 nitrogen and oxygen atoms in total. The van der Waals surface area contributed by atoms with Crippen molar-refractivity contribution in [2.75, 3.05) is 7.11 Å². The van der Waals surface area contributed by atoms with Gasteiger partial charge in [-0.2, -0.15) is 9.59 Å². The molecule has 0 fully saturated rings. The Hall–Kier alpha value is -11.7. The highest BCUT2D eigenvalue weighted by Gasteiger charge is 2.14. The van der Waals surface area contributed by atoms with Gasteiger partial charge in [0.25, 0.3) is 17.0 Å². The number of aromatic nitrogens is 6. The van der Waals surface area contributed by atoms with Gasteiger partial charge in [-0.05, 0) is 181 Å². The van der Waals surface area contributed by atoms with Gasteiger partial charge in [0, 0.05) is 103 Å². The number of methoxy groups -OCH3 is 1. The van der Waals surface area contributed by atoms with Gasteiger partial charge in [0.15, 0.2) is 5.43 Å². The zero-order chi connectivity index (χ0) is 70.5. The molecule has 10 rings (SSSR count). The molecule has 500 valence electrons. The number of amides is 1. The standard InChI is InChI=1S/C22H23N3O3.C15H15NO3.C14H13NO3.C9H12O.C8H12N2O.C5H5NO.CO2/c1-14-12-15(2)25-22(27)20(14)13-24-21(26)18-6-4-17(5-7-18)16(3)28-19-8-10-23-11-9-19;1-11(19-14-7-9-16-10-8-14)12-3-5-13(6-4-12)15(17)18-2;1-10(18-13-6-8-15-9-7-13)11-2-4-12(5-3-11)14(16)17;1-7-3-5-9(6-4-7)8(2)10;1-5-3-6(2)10-8(11)7(5)4-9;7-5-1-3-6-4-2-5;2-1-3/h4-12,16H,13H2,1-3H3,(H,24,26)(H,25,27);3-11H,1-2H3;2-10H,1H3,(H,16,17);3-6,8,10H,1-2H3;3H,4,9H2,1-2H3,(H,10,11);1-4H,(H,6,7);. The number of H-pyrrole nitrogens is 3. The number of aromatic amines is 3. The first-order valence-electron chi connectivity index (χ1n) is 30.0. The van der Waals surface area contributed by atoms with Crippen LogP contribution in [0.3, 0.4) is 0 Å². The molecule has 8 N–H and O–H groups in total. The molecule has 1 amide bonds. The number of benzene rings is 4. The molecule has 6 heterocycles. The summed E-state index contributed by atoms with van der Waals surface area (Å²) in [7, 11) is 1.37. The van der Waals surface area contributed by atoms with E-state index in [1.807, 2.05) is 116 Å². The van der Waals surface area contributed by atoms with Crippen LogP contribution in [0.1, 0.15) is 145 Å². The summed E-state index contributed by atoms with van der Waals surface area (Å²) in [5, 5.41) is 20.7. The number of aliphatic hydroxyl groups is 1. The molecule has 0 bridgehead atoms. The van der Waals surface area contributed by atoms with E-state index in [2.05, 4.69) is 40.0 Å². The number of esters is 1. The van der Waals surface area contributed by atoms with Crippen LogP contribution in [0.25, 0.3) is 0 Å². The van der Waals surface area contributed by atoms with Gasteiger partial charge in [-0.3, -0.25) is 34.1 Å². The van der Waals surface area contributed by atoms with E-state index in [1.54, 1.807) is 141 Å². The highest BCUT2D eigenvalue weighted by molar-refractivity contribution is 5.94. The van der Waals surface area contributed by atoms with E-state index >= 15 is 0 Å². The van der Waals surface area contributed by atoms with Crippen molar-refractivity contribution in [2.24, 2.45) is 5.73 Å². The van der Waals surface area contributed by atoms with Crippen molar-refractivity contribution >= 4 is 24.0 Å². The van der Waals surface area contributed by atoms with Crippen molar-refractivity contribution in [1.29, 1.82) is 0 Å². The van der Waals surface area contributed by atoms with Crippen LogP contribution in [0.15, 0.2) is 222 Å². The molecule has 10 aromatic rings. The molecule has 4 unspecified atom stereocenters. The number of carbonyl (C=O) groups is 3. The number of carboxylic acid groups (broad SMARTS) is 1. The lowest BCUT2D eigenvalue weighted by molar-refractivity contribution is -0.191. The Bertz CT molecular complexity index is 4170. The quantitative estimate of drug-likeness (QED) is 0.0442. The van der Waals surface area contributed by atoms with Gasteiger partial charge in [-0.15, -0.1) is 0 Å². The molecule has 6 aromatic heterocycles. The fraction of sp³-hybridized carbons (Fsp3) is 0.216. The van der Waals surface area contributed by atoms with E-state index in [0.29, 0.717) is 28.8 Å². The Labute approximate surface area is 556 Å². The van der Waals surface area contributed by atoms with Crippen molar-refractivity contribution in [3.05, 3.63) is 316 Å². The summed E-state index contributed by atoms with van der Waals surface area (Å²) in [6.45, 7) is 17.5. The third-order valence-corrected chi connectivity index (χ3v) is 13.8. The number of nitrogens with one attached hydrogen (secondary N) is 4. The second kappa shape index (κ2) is 41.0. The second-order valence-corrected chi connectivity index (χ2v) is 21.2. The number of nitrogens with two attached hydrogens (primary N) is 1. The Balaban J connectivity index is 0.000000255. The van der Waals surface area contributed by atoms with E-state index in [4.69, 9.17) is 39.7 Å². The molecule has 0 aliphatic rings. The minimum Gasteiger partial charge on any atom is -0.486 e. The number of carbonyl (C=O) groups excluding carboxylic acids is 4. The number of hydrogen-bond acceptors (Lipinski definition) is 17. The maximum Gasteiger partial charge on any atom is 0.373 e. The maximum atomic E-state index is 12.4. The molecule has 22 heteroatoms. The first kappa shape index (κ1) is 76.7. The van der Waals surface area contributed by atoms with Gasteiger partial charge >= 0.3 is 18.1 Å². The average Bonchev–Trinajstić information content (AvgIpc) is 1.23. The minimum atomic E-state index is -0.927. The topological polar surface area (TPSA) is 338 Å². The van der Waals surface area contributed by atoms with Crippen LogP contribution in [0.5, 0.6) is 17.2 Å². The first-order chi connectivity index (χ1) is 46.0. The molecule has 0 aliphatic carbocycles. The number of aromatic carboxylic acids is 1. The average molecular weight is 1310 g/mol. The second-order valence-electron chi connectivity index (χ2n) is 21.2. The normalized spacial score (nSPS) is 11.2. The van der Waals surface area contributed by atoms with Gasteiger partial charge in [0.1, 0.15) is 35.6 Å². The number of rotatable bonds is 16. The Morgan fingerprint density at radius 2 is 0.875 bits per heavy atom. The molecular formula is C74H80N8O14. The summed E-state index contributed by atoms with van der Waals surface area (Å²) in [6, 6.07) is 46.5. The van der Waals surface area contributed by atoms with Crippen LogP contribution < -0.4 is 41.8 Å². The molecule has 4 atom stereocenters. The summed E-state index contributed by atoms with van der Waals surface area (Å²) in [5.74, 6) is 0.745. The molecule has 0 radical (unpaired) electrons. The minimum absolute atomic E-state index is 0.0405. The van der Waals surface area contributed by atoms with E-state index in [-0.39, 0.29) is 71.1 Å². The fourth-order valence-electron chi connectivity index (χ4n) is 8.60. The predicted octanol–water partition coefficient (Wildman–Crippen LogP) is 11.7. The lowest BCUT2D eigenvalue weighted by Gasteiger charge is -2.15. The summed E-state index contributed by atoms with van der Waals surface area (Å²) in [6.07, 6.45) is 12.7. The number of nitrogens with zero attached hydrogens (tertiary/aromatic N) is 3. The van der Waals surface area contributed by atoms with Crippen LogP contribution >= 0.6 is 0 Å². The van der Waals surface area contributed by atoms with Crippen molar-refractivity contribution in [2.45, 2.75) is 99.8 Å². The summed E-state index contributed by atoms with van der Waals surface area (Å²) in [4.78, 5) is 104. The third-order valence-electron chi connectivity index (χ3n) is 13.8. The first-order valence-corrected chi connectivity index (χ1v) is 30.0. The van der Waals surface area contributed by atoms with Crippen molar-refractivity contribution in [3.63, 3.8) is 0 Å². The molecule has 0 spiro atoms. The number of aliphatic hydroxyl groups excluding tert-OH is 1. The number of hydrogen-bond donors (Lipinski definition) is 7. The highest BCUT2D eigenvalue weighted by atomic mass is 16.5. The highest BCUT2D eigenvalue weighted by Crippen LogP contribution is 2.24. The molecular weight excluding hydrogens is 1220 g/mol. The van der Waals surface area contributed by atoms with Crippen molar-refractivity contribution < 1.29 is 53.1 Å². The van der Waals surface area contributed by atoms with Gasteiger partial charge in [-0.1, -0.05) is 66.2 Å². The Morgan fingerprint density at radius 1 is 0.521 bits per heavy atom. The fourth-order valence-corrected chi connectivity index (χ4v) is 8.60. The molecule has 96 heavy (non-hydrogen) atoms. The largest absolute Gasteiger partial charge is 0.486 e. The van der Waals surface area contributed by atoms with Gasteiger partial charge in [-0.25, -0.2) is 9.59 Å². The number of pyridine rings is 6. The van der Waals surface area contributed by atoms with Crippen LogP contribution in [0, 0.1) is 34.6 Å². The number of ether oxygens (including phenoxy) is 4. The van der Waals surface area contributed by atoms with E-state index in [0.717, 1.165) is 62.0 Å². The van der Waals surface area contributed by atoms with Crippen molar-refractivity contribution in [3.8, 4) is 17.2 Å². The van der Waals surface area contributed by atoms with Crippen LogP contribution in [0.4, 0.5) is 0 Å². The Morgan fingerprint density at radius 3 is 1.20 bits per heavy atom. The zero-order valence-corrected chi connectivity index (χ0v) is 55.1. The van der Waals surface area contributed by atoms with E-state index in [9.17, 15) is 28.8 Å². The smallest absolute Gasteiger partial charge is 0.373 e. The third kappa shape index (κ3) is 27.2. The van der Waals surface area contributed by atoms with E-state index < -0.39 is 5.97 Å². The van der Waals surface area contributed by atoms with Gasteiger partial charge in [0.2, 0.25) is 0 Å². The summed E-state index contributed by atoms with van der Waals surface area (Å²) < 4.78 is 22.0. The lowest BCUT2D eigenvalue weighted by atomic mass is 10.1. The van der Waals surface area contributed by atoms with Gasteiger partial charge in [0.05, 0.1) is 24.3 Å². The van der Waals surface area contributed by atoms with Crippen LogP contribution in [0.2, 0.25) is 0 Å². The SMILES string of the molecule is CC(Oc1ccncc1)c1ccc(C(=O)O)cc1.COC(=O)c1ccc(C(C)Oc2ccncc2)cc1.Cc1cc(C)c(CN)c(=O)[nH]1.Cc1cc(C)c(CNC(=O)c2ccc(C(C)Oc3ccncc3)cc2)c(=O)[nH]1.Cc1ccc(C(C)O)cc1.O=C=O.O=c1cc[nH]cc1. The maximum absolute atomic E-state index is 12.4.